The fraction of sp³-hybridized carbons (Fsp3) is 0.312. The highest BCUT2D eigenvalue weighted by Crippen LogP contribution is 2.19. The minimum Gasteiger partial charge on any atom is -0.480 e. The van der Waals surface area contributed by atoms with Gasteiger partial charge in [-0.1, -0.05) is 50.2 Å². The maximum absolute atomic E-state index is 10.1. The van der Waals surface area contributed by atoms with Crippen molar-refractivity contribution in [2.75, 3.05) is 5.73 Å². The number of carboxylic acid groups (broad SMARTS) is 1. The third kappa shape index (κ3) is 4.90. The molecule has 0 bridgehead atoms. The van der Waals surface area contributed by atoms with Crippen LogP contribution in [-0.4, -0.2) is 17.1 Å². The third-order valence-electron chi connectivity index (χ3n) is 2.87. The second-order valence-corrected chi connectivity index (χ2v) is 5.14. The smallest absolute Gasteiger partial charge is 0.320 e. The highest BCUT2D eigenvalue weighted by Gasteiger charge is 2.11. The zero-order chi connectivity index (χ0) is 15.1. The summed E-state index contributed by atoms with van der Waals surface area (Å²) in [6, 6.07) is 13.4. The Hall–Kier alpha value is -2.07. The Kier molecular flexibility index (Phi) is 6.00. The molecule has 2 aromatic carbocycles. The highest BCUT2D eigenvalue weighted by molar-refractivity contribution is 5.92. The Morgan fingerprint density at radius 2 is 1.75 bits per heavy atom. The first-order chi connectivity index (χ1) is 9.41. The summed E-state index contributed by atoms with van der Waals surface area (Å²) in [5.74, 6) is -0.556. The molecule has 20 heavy (non-hydrogen) atoms. The van der Waals surface area contributed by atoms with Crippen LogP contribution >= 0.6 is 0 Å². The van der Waals surface area contributed by atoms with Crippen molar-refractivity contribution in [1.82, 2.24) is 0 Å². The number of carbonyl (C=O) groups is 1. The molecule has 0 saturated carbocycles. The standard InChI is InChI=1S/C10H9N.C6H13NO2/c11-10-7-3-5-8-4-1-2-6-9(8)10;1-4(2)3-5(7)6(8)9/h1-7H,11H2;4-5H,3,7H2,1-2H3,(H,8,9). The van der Waals surface area contributed by atoms with Crippen LogP contribution in [0.1, 0.15) is 20.3 Å². The number of benzene rings is 2. The van der Waals surface area contributed by atoms with Crippen molar-refractivity contribution in [3.63, 3.8) is 0 Å². The molecule has 4 nitrogen and oxygen atoms in total. The molecule has 1 atom stereocenters. The van der Waals surface area contributed by atoms with E-state index in [1.54, 1.807) is 0 Å². The van der Waals surface area contributed by atoms with E-state index in [2.05, 4.69) is 12.1 Å². The summed E-state index contributed by atoms with van der Waals surface area (Å²) in [6.07, 6.45) is 0.551. The van der Waals surface area contributed by atoms with Crippen LogP contribution in [-0.2, 0) is 4.79 Å². The summed E-state index contributed by atoms with van der Waals surface area (Å²) in [5, 5.41) is 10.6. The van der Waals surface area contributed by atoms with E-state index in [-0.39, 0.29) is 0 Å². The molecule has 0 radical (unpaired) electrons. The lowest BCUT2D eigenvalue weighted by molar-refractivity contribution is -0.138. The van der Waals surface area contributed by atoms with Gasteiger partial charge in [-0.15, -0.1) is 0 Å². The molecule has 0 amide bonds. The van der Waals surface area contributed by atoms with Gasteiger partial charge in [0.15, 0.2) is 0 Å². The Labute approximate surface area is 119 Å². The van der Waals surface area contributed by atoms with Crippen molar-refractivity contribution < 1.29 is 9.90 Å². The van der Waals surface area contributed by atoms with Crippen molar-refractivity contribution in [3.8, 4) is 0 Å². The molecule has 0 aliphatic carbocycles. The van der Waals surface area contributed by atoms with Crippen LogP contribution in [0, 0.1) is 5.92 Å². The average molecular weight is 274 g/mol. The molecule has 1 unspecified atom stereocenters. The van der Waals surface area contributed by atoms with Crippen LogP contribution in [0.2, 0.25) is 0 Å². The van der Waals surface area contributed by atoms with Crippen LogP contribution in [0.15, 0.2) is 42.5 Å². The number of hydrogen-bond donors (Lipinski definition) is 3. The zero-order valence-corrected chi connectivity index (χ0v) is 11.9. The van der Waals surface area contributed by atoms with Gasteiger partial charge in [-0.05, 0) is 23.8 Å². The van der Waals surface area contributed by atoms with E-state index >= 15 is 0 Å². The molecular weight excluding hydrogens is 252 g/mol. The minimum absolute atomic E-state index is 0.357. The van der Waals surface area contributed by atoms with Gasteiger partial charge in [0, 0.05) is 11.1 Å². The largest absolute Gasteiger partial charge is 0.480 e. The number of hydrogen-bond acceptors (Lipinski definition) is 3. The van der Waals surface area contributed by atoms with Crippen molar-refractivity contribution in [2.45, 2.75) is 26.3 Å². The lowest BCUT2D eigenvalue weighted by Crippen LogP contribution is -2.31. The van der Waals surface area contributed by atoms with Gasteiger partial charge in [-0.2, -0.15) is 0 Å². The van der Waals surface area contributed by atoms with Gasteiger partial charge in [-0.3, -0.25) is 4.79 Å². The van der Waals surface area contributed by atoms with E-state index in [9.17, 15) is 4.79 Å². The van der Waals surface area contributed by atoms with E-state index in [0.717, 1.165) is 11.1 Å². The molecule has 2 aromatic rings. The van der Waals surface area contributed by atoms with E-state index in [1.165, 1.54) is 5.39 Å². The van der Waals surface area contributed by atoms with Gasteiger partial charge in [0.2, 0.25) is 0 Å². The molecule has 0 spiro atoms. The maximum Gasteiger partial charge on any atom is 0.320 e. The lowest BCUT2D eigenvalue weighted by atomic mass is 10.1. The number of anilines is 1. The van der Waals surface area contributed by atoms with E-state index < -0.39 is 12.0 Å². The summed E-state index contributed by atoms with van der Waals surface area (Å²) in [5.41, 5.74) is 11.8. The Balaban J connectivity index is 0.000000206. The van der Waals surface area contributed by atoms with Crippen LogP contribution in [0.4, 0.5) is 5.69 Å². The number of fused-ring (bicyclic) bond motifs is 1. The molecule has 108 valence electrons. The van der Waals surface area contributed by atoms with E-state index in [4.69, 9.17) is 16.6 Å². The Morgan fingerprint density at radius 1 is 1.15 bits per heavy atom. The third-order valence-corrected chi connectivity index (χ3v) is 2.87. The molecule has 0 aliphatic heterocycles. The predicted molar refractivity (Wildman–Crippen MR) is 83.4 cm³/mol. The molecular formula is C16H22N2O2. The van der Waals surface area contributed by atoms with Gasteiger partial charge in [0.05, 0.1) is 0 Å². The normalized spacial score (nSPS) is 11.8. The van der Waals surface area contributed by atoms with Crippen molar-refractivity contribution in [1.29, 1.82) is 0 Å². The number of rotatable bonds is 3. The summed E-state index contributed by atoms with van der Waals surface area (Å²) in [7, 11) is 0. The highest BCUT2D eigenvalue weighted by atomic mass is 16.4. The monoisotopic (exact) mass is 274 g/mol. The van der Waals surface area contributed by atoms with Gasteiger partial charge >= 0.3 is 5.97 Å². The average Bonchev–Trinajstić information content (AvgIpc) is 2.39. The first-order valence-corrected chi connectivity index (χ1v) is 6.63. The molecule has 2 rings (SSSR count). The van der Waals surface area contributed by atoms with Crippen LogP contribution in [0.5, 0.6) is 0 Å². The molecule has 0 aliphatic rings. The van der Waals surface area contributed by atoms with Gasteiger partial charge in [-0.25, -0.2) is 0 Å². The molecule has 4 heteroatoms. The van der Waals surface area contributed by atoms with Gasteiger partial charge in [0.25, 0.3) is 0 Å². The molecule has 0 heterocycles. The fourth-order valence-electron chi connectivity index (χ4n) is 1.86. The molecule has 5 N–H and O–H groups in total. The van der Waals surface area contributed by atoms with Gasteiger partial charge in [0.1, 0.15) is 6.04 Å². The van der Waals surface area contributed by atoms with E-state index in [1.807, 2.05) is 44.2 Å². The summed E-state index contributed by atoms with van der Waals surface area (Å²) in [6.45, 7) is 3.89. The number of nitrogens with two attached hydrogens (primary N) is 2. The Bertz CT molecular complexity index is 562. The van der Waals surface area contributed by atoms with Crippen LogP contribution in [0.25, 0.3) is 10.8 Å². The van der Waals surface area contributed by atoms with Crippen LogP contribution in [0.3, 0.4) is 0 Å². The molecule has 0 fully saturated rings. The van der Waals surface area contributed by atoms with Crippen LogP contribution < -0.4 is 11.5 Å². The van der Waals surface area contributed by atoms with Gasteiger partial charge < -0.3 is 16.6 Å². The van der Waals surface area contributed by atoms with Crippen molar-refractivity contribution in [2.24, 2.45) is 11.7 Å². The lowest BCUT2D eigenvalue weighted by Gasteiger charge is -2.07. The Morgan fingerprint density at radius 3 is 2.25 bits per heavy atom. The number of nitrogen functional groups attached to an aromatic ring is 1. The molecule has 0 saturated heterocycles. The van der Waals surface area contributed by atoms with Crippen molar-refractivity contribution in [3.05, 3.63) is 42.5 Å². The fourth-order valence-corrected chi connectivity index (χ4v) is 1.86. The second kappa shape index (κ2) is 7.50. The summed E-state index contributed by atoms with van der Waals surface area (Å²) < 4.78 is 0. The first kappa shape index (κ1) is 16.0. The first-order valence-electron chi connectivity index (χ1n) is 6.63. The zero-order valence-electron chi connectivity index (χ0n) is 11.9. The van der Waals surface area contributed by atoms with Crippen molar-refractivity contribution >= 4 is 22.4 Å². The van der Waals surface area contributed by atoms with E-state index in [0.29, 0.717) is 12.3 Å². The predicted octanol–water partition coefficient (Wildman–Crippen LogP) is 2.87. The topological polar surface area (TPSA) is 89.3 Å². The minimum atomic E-state index is -0.913. The SMILES string of the molecule is CC(C)CC(N)C(=O)O.Nc1cccc2ccccc12. The summed E-state index contributed by atoms with van der Waals surface area (Å²) >= 11 is 0. The maximum atomic E-state index is 10.1. The molecule has 0 aromatic heterocycles. The summed E-state index contributed by atoms with van der Waals surface area (Å²) in [4.78, 5) is 10.1. The second-order valence-electron chi connectivity index (χ2n) is 5.14. The number of aliphatic carboxylic acids is 1. The quantitative estimate of drug-likeness (QED) is 0.751. The number of carboxylic acids is 1.